The van der Waals surface area contributed by atoms with Gasteiger partial charge in [0.15, 0.2) is 0 Å². The van der Waals surface area contributed by atoms with E-state index in [9.17, 15) is 0 Å². The maximum atomic E-state index is 5.28. The molecule has 138 valence electrons. The topological polar surface area (TPSA) is 66.6 Å². The summed E-state index contributed by atoms with van der Waals surface area (Å²) in [5.41, 5.74) is 9.04. The number of H-pyrrole nitrogens is 2. The lowest BCUT2D eigenvalue weighted by Gasteiger charge is -1.96. The lowest BCUT2D eigenvalue weighted by molar-refractivity contribution is 0.202. The standard InChI is InChI=1S/C23H20N4O/c1-28-9-8-15-10-22-13-20-5-4-18(25-20)11-16-2-3-17(24-16)12-19-6-7-21(26-19)14-23(15)27-22/h2-7,10-14,25,27H,8-9H2,1H3. The lowest BCUT2D eigenvalue weighted by atomic mass is 10.2. The zero-order chi connectivity index (χ0) is 18.9. The van der Waals surface area contributed by atoms with E-state index in [1.54, 1.807) is 7.11 Å². The summed E-state index contributed by atoms with van der Waals surface area (Å²) in [5.74, 6) is 0. The molecule has 0 aromatic carbocycles. The lowest BCUT2D eigenvalue weighted by Crippen LogP contribution is -1.92. The third-order valence-corrected chi connectivity index (χ3v) is 4.83. The monoisotopic (exact) mass is 368 g/mol. The fourth-order valence-electron chi connectivity index (χ4n) is 3.50. The summed E-state index contributed by atoms with van der Waals surface area (Å²) in [4.78, 5) is 16.3. The van der Waals surface area contributed by atoms with Crippen LogP contribution in [0.4, 0.5) is 0 Å². The van der Waals surface area contributed by atoms with Crippen molar-refractivity contribution < 1.29 is 4.74 Å². The smallest absolute Gasteiger partial charge is 0.0659 e. The van der Waals surface area contributed by atoms with E-state index in [0.717, 1.165) is 51.3 Å². The fourth-order valence-corrected chi connectivity index (χ4v) is 3.50. The van der Waals surface area contributed by atoms with Gasteiger partial charge in [-0.25, -0.2) is 9.97 Å². The van der Waals surface area contributed by atoms with Gasteiger partial charge in [-0.1, -0.05) is 0 Å². The predicted octanol–water partition coefficient (Wildman–Crippen LogP) is 4.84. The molecular weight excluding hydrogens is 348 g/mol. The van der Waals surface area contributed by atoms with Gasteiger partial charge in [-0.05, 0) is 78.8 Å². The van der Waals surface area contributed by atoms with Crippen molar-refractivity contribution in [1.82, 2.24) is 19.9 Å². The summed E-state index contributed by atoms with van der Waals surface area (Å²) >= 11 is 0. The number of nitrogens with one attached hydrogen (secondary N) is 2. The van der Waals surface area contributed by atoms with Crippen LogP contribution in [0, 0.1) is 0 Å². The number of ether oxygens (including phenoxy) is 1. The number of rotatable bonds is 3. The molecule has 0 atom stereocenters. The first kappa shape index (κ1) is 16.7. The van der Waals surface area contributed by atoms with E-state index in [-0.39, 0.29) is 0 Å². The predicted molar refractivity (Wildman–Crippen MR) is 114 cm³/mol. The number of methoxy groups -OCH3 is 1. The van der Waals surface area contributed by atoms with Gasteiger partial charge >= 0.3 is 0 Å². The Balaban J connectivity index is 1.79. The van der Waals surface area contributed by atoms with Gasteiger partial charge in [0.1, 0.15) is 0 Å². The number of hydrogen-bond acceptors (Lipinski definition) is 3. The number of nitrogens with zero attached hydrogens (tertiary/aromatic N) is 2. The minimum Gasteiger partial charge on any atom is -0.384 e. The molecular formula is C23H20N4O. The van der Waals surface area contributed by atoms with Crippen LogP contribution in [0.3, 0.4) is 0 Å². The molecule has 8 bridgehead atoms. The molecule has 0 amide bonds. The van der Waals surface area contributed by atoms with Crippen molar-refractivity contribution in [2.75, 3.05) is 13.7 Å². The van der Waals surface area contributed by atoms with Gasteiger partial charge in [0, 0.05) is 29.2 Å². The molecule has 0 aliphatic carbocycles. The molecule has 5 nitrogen and oxygen atoms in total. The van der Waals surface area contributed by atoms with Crippen molar-refractivity contribution in [3.05, 3.63) is 70.8 Å². The van der Waals surface area contributed by atoms with E-state index in [2.05, 4.69) is 45.3 Å². The zero-order valence-electron chi connectivity index (χ0n) is 15.6. The zero-order valence-corrected chi connectivity index (χ0v) is 15.6. The SMILES string of the molecule is COCCc1cc2cc3ccc(cc4nc(cc5nc(cc1[nH]2)C=C5)C=C4)[nH]3. The Morgan fingerprint density at radius 3 is 2.07 bits per heavy atom. The van der Waals surface area contributed by atoms with E-state index in [1.165, 1.54) is 5.56 Å². The van der Waals surface area contributed by atoms with Crippen LogP contribution in [0.1, 0.15) is 28.3 Å². The number of hydrogen-bond donors (Lipinski definition) is 2. The van der Waals surface area contributed by atoms with E-state index >= 15 is 0 Å². The Bertz CT molecular complexity index is 1260. The van der Waals surface area contributed by atoms with Crippen molar-refractivity contribution in [1.29, 1.82) is 0 Å². The molecule has 0 unspecified atom stereocenters. The second kappa shape index (κ2) is 6.94. The molecule has 2 N–H and O–H groups in total. The molecule has 28 heavy (non-hydrogen) atoms. The van der Waals surface area contributed by atoms with E-state index < -0.39 is 0 Å². The van der Waals surface area contributed by atoms with Crippen LogP contribution in [-0.4, -0.2) is 33.7 Å². The highest BCUT2D eigenvalue weighted by molar-refractivity contribution is 5.78. The highest BCUT2D eigenvalue weighted by Gasteiger charge is 2.05. The molecule has 0 spiro atoms. The molecule has 5 heterocycles. The first-order valence-electron chi connectivity index (χ1n) is 9.31. The highest BCUT2D eigenvalue weighted by Crippen LogP contribution is 2.19. The maximum Gasteiger partial charge on any atom is 0.0659 e. The summed E-state index contributed by atoms with van der Waals surface area (Å²) in [7, 11) is 1.73. The molecule has 0 saturated heterocycles. The van der Waals surface area contributed by atoms with Crippen LogP contribution >= 0.6 is 0 Å². The van der Waals surface area contributed by atoms with Gasteiger partial charge in [-0.2, -0.15) is 0 Å². The van der Waals surface area contributed by atoms with E-state index in [1.807, 2.05) is 36.4 Å². The van der Waals surface area contributed by atoms with Crippen LogP contribution in [0.2, 0.25) is 0 Å². The Morgan fingerprint density at radius 1 is 0.714 bits per heavy atom. The number of fused-ring (bicyclic) bond motifs is 8. The van der Waals surface area contributed by atoms with Gasteiger partial charge in [0.05, 0.1) is 29.4 Å². The summed E-state index contributed by atoms with van der Waals surface area (Å²) in [5, 5.41) is 0. The number of aromatic nitrogens is 4. The van der Waals surface area contributed by atoms with Gasteiger partial charge in [-0.15, -0.1) is 0 Å². The van der Waals surface area contributed by atoms with Gasteiger partial charge in [0.2, 0.25) is 0 Å². The molecule has 5 heteroatoms. The van der Waals surface area contributed by atoms with Crippen LogP contribution in [0.5, 0.6) is 0 Å². The quantitative estimate of drug-likeness (QED) is 0.479. The van der Waals surface area contributed by atoms with Crippen LogP contribution in [0.15, 0.2) is 42.5 Å². The molecule has 2 aliphatic heterocycles. The Hall–Kier alpha value is -3.44. The molecule has 5 rings (SSSR count). The molecule has 2 aliphatic rings. The van der Waals surface area contributed by atoms with Crippen molar-refractivity contribution in [3.8, 4) is 0 Å². The van der Waals surface area contributed by atoms with Crippen molar-refractivity contribution >= 4 is 46.4 Å². The van der Waals surface area contributed by atoms with Gasteiger partial charge in [-0.3, -0.25) is 0 Å². The third-order valence-electron chi connectivity index (χ3n) is 4.83. The van der Waals surface area contributed by atoms with Crippen LogP contribution in [-0.2, 0) is 11.2 Å². The van der Waals surface area contributed by atoms with Crippen LogP contribution < -0.4 is 0 Å². The molecule has 0 saturated carbocycles. The maximum absolute atomic E-state index is 5.28. The molecule has 0 fully saturated rings. The second-order valence-corrected chi connectivity index (χ2v) is 6.94. The van der Waals surface area contributed by atoms with Crippen molar-refractivity contribution in [2.45, 2.75) is 6.42 Å². The third kappa shape index (κ3) is 3.40. The van der Waals surface area contributed by atoms with Crippen molar-refractivity contribution in [3.63, 3.8) is 0 Å². The van der Waals surface area contributed by atoms with Gasteiger partial charge < -0.3 is 14.7 Å². The first-order chi connectivity index (χ1) is 13.7. The minimum absolute atomic E-state index is 0.679. The minimum atomic E-state index is 0.679. The average molecular weight is 368 g/mol. The Morgan fingerprint density at radius 2 is 1.36 bits per heavy atom. The highest BCUT2D eigenvalue weighted by atomic mass is 16.5. The average Bonchev–Trinajstić information content (AvgIpc) is 3.45. The Labute approximate surface area is 162 Å². The van der Waals surface area contributed by atoms with Gasteiger partial charge in [0.25, 0.3) is 0 Å². The number of aromatic amines is 2. The second-order valence-electron chi connectivity index (χ2n) is 6.94. The van der Waals surface area contributed by atoms with Crippen molar-refractivity contribution in [2.24, 2.45) is 0 Å². The van der Waals surface area contributed by atoms with E-state index in [0.29, 0.717) is 6.61 Å². The summed E-state index contributed by atoms with van der Waals surface area (Å²) in [6.45, 7) is 0.679. The first-order valence-corrected chi connectivity index (χ1v) is 9.31. The fraction of sp³-hybridized carbons (Fsp3) is 0.130. The normalized spacial score (nSPS) is 12.6. The molecule has 3 aromatic rings. The largest absolute Gasteiger partial charge is 0.384 e. The summed E-state index contributed by atoms with van der Waals surface area (Å²) in [6, 6.07) is 14.6. The summed E-state index contributed by atoms with van der Waals surface area (Å²) < 4.78 is 5.28. The summed E-state index contributed by atoms with van der Waals surface area (Å²) in [6.07, 6.45) is 8.92. The van der Waals surface area contributed by atoms with E-state index in [4.69, 9.17) is 9.72 Å². The van der Waals surface area contributed by atoms with Crippen LogP contribution in [0.25, 0.3) is 46.4 Å². The molecule has 0 radical (unpaired) electrons. The molecule has 3 aromatic heterocycles. The Kier molecular flexibility index (Phi) is 4.14.